The summed E-state index contributed by atoms with van der Waals surface area (Å²) in [5, 5.41) is 0.822. The van der Waals surface area contributed by atoms with Gasteiger partial charge in [-0.3, -0.25) is 0 Å². The molecular formula is C17H20N2OS. The summed E-state index contributed by atoms with van der Waals surface area (Å²) in [4.78, 5) is 8.18. The Morgan fingerprint density at radius 2 is 1.86 bits per heavy atom. The molecule has 0 amide bonds. The molecule has 2 unspecified atom stereocenters. The zero-order chi connectivity index (χ0) is 14.2. The molecule has 4 rings (SSSR count). The van der Waals surface area contributed by atoms with E-state index in [1.165, 1.54) is 23.3 Å². The minimum atomic E-state index is 0.341. The molecule has 110 valence electrons. The summed E-state index contributed by atoms with van der Waals surface area (Å²) in [6, 6.07) is 11.8. The Bertz CT molecular complexity index is 598. The van der Waals surface area contributed by atoms with Gasteiger partial charge in [-0.2, -0.15) is 0 Å². The number of hydrogen-bond acceptors (Lipinski definition) is 4. The highest BCUT2D eigenvalue weighted by molar-refractivity contribution is 7.16. The Labute approximate surface area is 129 Å². The smallest absolute Gasteiger partial charge is 0.273 e. The van der Waals surface area contributed by atoms with Crippen molar-refractivity contribution < 1.29 is 4.74 Å². The van der Waals surface area contributed by atoms with Gasteiger partial charge in [0, 0.05) is 18.3 Å². The summed E-state index contributed by atoms with van der Waals surface area (Å²) in [5.41, 5.74) is 1.22. The zero-order valence-electron chi connectivity index (χ0n) is 12.2. The summed E-state index contributed by atoms with van der Waals surface area (Å²) in [5.74, 6) is 0. The minimum Gasteiger partial charge on any atom is -0.467 e. The molecule has 2 fully saturated rings. The molecule has 2 aliphatic rings. The lowest BCUT2D eigenvalue weighted by molar-refractivity contribution is 0.0660. The first kappa shape index (κ1) is 13.3. The van der Waals surface area contributed by atoms with Gasteiger partial charge in [-0.15, -0.1) is 0 Å². The van der Waals surface area contributed by atoms with Gasteiger partial charge in [-0.05, 0) is 38.3 Å². The lowest BCUT2D eigenvalue weighted by atomic mass is 10.0. The number of hydrogen-bond donors (Lipinski definition) is 0. The third-order valence-electron chi connectivity index (χ3n) is 4.87. The van der Waals surface area contributed by atoms with Gasteiger partial charge in [0.25, 0.3) is 5.19 Å². The van der Waals surface area contributed by atoms with Gasteiger partial charge in [0.1, 0.15) is 6.10 Å². The van der Waals surface area contributed by atoms with Gasteiger partial charge in [0.15, 0.2) is 0 Å². The number of fused-ring (bicyclic) bond motifs is 2. The topological polar surface area (TPSA) is 25.4 Å². The zero-order valence-corrected chi connectivity index (χ0v) is 13.1. The van der Waals surface area contributed by atoms with Crippen LogP contribution in [0.1, 0.15) is 25.7 Å². The summed E-state index contributed by atoms with van der Waals surface area (Å²) in [6.45, 7) is 0. The molecule has 3 heterocycles. The van der Waals surface area contributed by atoms with Gasteiger partial charge < -0.3 is 9.64 Å². The number of rotatable bonds is 3. The molecular weight excluding hydrogens is 280 g/mol. The van der Waals surface area contributed by atoms with Crippen molar-refractivity contribution in [1.82, 2.24) is 9.88 Å². The van der Waals surface area contributed by atoms with Crippen LogP contribution in [-0.4, -0.2) is 35.1 Å². The maximum atomic E-state index is 6.17. The number of nitrogens with zero attached hydrogens (tertiary/aromatic N) is 2. The highest BCUT2D eigenvalue weighted by atomic mass is 32.1. The van der Waals surface area contributed by atoms with Crippen LogP contribution in [-0.2, 0) is 0 Å². The fourth-order valence-electron chi connectivity index (χ4n) is 3.65. The molecule has 0 aliphatic carbocycles. The van der Waals surface area contributed by atoms with Gasteiger partial charge in [0.2, 0.25) is 0 Å². The SMILES string of the molecule is CN1C2CC[C@@H]1CC(Oc1ncc(-c3ccccc3)s1)C2. The molecule has 2 aliphatic heterocycles. The van der Waals surface area contributed by atoms with E-state index >= 15 is 0 Å². The lowest BCUT2D eigenvalue weighted by Crippen LogP contribution is -2.43. The second-order valence-electron chi connectivity index (χ2n) is 6.12. The van der Waals surface area contributed by atoms with Crippen molar-refractivity contribution in [2.45, 2.75) is 43.9 Å². The first-order valence-electron chi connectivity index (χ1n) is 7.69. The first-order chi connectivity index (χ1) is 10.3. The van der Waals surface area contributed by atoms with Crippen molar-refractivity contribution >= 4 is 11.3 Å². The number of benzene rings is 1. The van der Waals surface area contributed by atoms with Crippen LogP contribution in [0.3, 0.4) is 0 Å². The minimum absolute atomic E-state index is 0.341. The van der Waals surface area contributed by atoms with E-state index in [-0.39, 0.29) is 0 Å². The lowest BCUT2D eigenvalue weighted by Gasteiger charge is -2.35. The molecule has 0 spiro atoms. The number of piperidine rings is 1. The van der Waals surface area contributed by atoms with Crippen LogP contribution in [0.5, 0.6) is 5.19 Å². The van der Waals surface area contributed by atoms with E-state index in [1.54, 1.807) is 11.3 Å². The first-order valence-corrected chi connectivity index (χ1v) is 8.51. The van der Waals surface area contributed by atoms with E-state index in [1.807, 2.05) is 12.3 Å². The highest BCUT2D eigenvalue weighted by Crippen LogP contribution is 2.37. The summed E-state index contributed by atoms with van der Waals surface area (Å²) in [6.07, 6.45) is 7.22. The molecule has 21 heavy (non-hydrogen) atoms. The normalized spacial score (nSPS) is 28.7. The third-order valence-corrected chi connectivity index (χ3v) is 5.80. The van der Waals surface area contributed by atoms with Crippen LogP contribution < -0.4 is 4.74 Å². The van der Waals surface area contributed by atoms with Gasteiger partial charge in [-0.25, -0.2) is 4.98 Å². The molecule has 3 nitrogen and oxygen atoms in total. The van der Waals surface area contributed by atoms with Crippen LogP contribution >= 0.6 is 11.3 Å². The van der Waals surface area contributed by atoms with Crippen LogP contribution in [0, 0.1) is 0 Å². The van der Waals surface area contributed by atoms with Gasteiger partial charge in [0.05, 0.1) is 4.88 Å². The second-order valence-corrected chi connectivity index (χ2v) is 7.11. The van der Waals surface area contributed by atoms with Crippen LogP contribution in [0.25, 0.3) is 10.4 Å². The Morgan fingerprint density at radius 3 is 2.57 bits per heavy atom. The Hall–Kier alpha value is -1.39. The molecule has 2 saturated heterocycles. The van der Waals surface area contributed by atoms with E-state index < -0.39 is 0 Å². The second kappa shape index (κ2) is 5.43. The molecule has 0 saturated carbocycles. The summed E-state index contributed by atoms with van der Waals surface area (Å²) in [7, 11) is 2.26. The fraction of sp³-hybridized carbons (Fsp3) is 0.471. The van der Waals surface area contributed by atoms with E-state index in [2.05, 4.69) is 41.2 Å². The molecule has 1 aromatic carbocycles. The van der Waals surface area contributed by atoms with Gasteiger partial charge >= 0.3 is 0 Å². The van der Waals surface area contributed by atoms with Crippen molar-refractivity contribution in [3.63, 3.8) is 0 Å². The summed E-state index contributed by atoms with van der Waals surface area (Å²) >= 11 is 1.66. The van der Waals surface area contributed by atoms with Crippen molar-refractivity contribution in [2.75, 3.05) is 7.05 Å². The van der Waals surface area contributed by atoms with Crippen molar-refractivity contribution in [2.24, 2.45) is 0 Å². The van der Waals surface area contributed by atoms with Crippen LogP contribution in [0.4, 0.5) is 0 Å². The van der Waals surface area contributed by atoms with Crippen LogP contribution in [0.15, 0.2) is 36.5 Å². The molecule has 3 atom stereocenters. The average molecular weight is 300 g/mol. The van der Waals surface area contributed by atoms with Gasteiger partial charge in [-0.1, -0.05) is 41.7 Å². The number of thiazole rings is 1. The predicted molar refractivity (Wildman–Crippen MR) is 85.8 cm³/mol. The molecule has 2 bridgehead atoms. The molecule has 1 aromatic heterocycles. The van der Waals surface area contributed by atoms with E-state index in [0.29, 0.717) is 18.2 Å². The van der Waals surface area contributed by atoms with E-state index in [0.717, 1.165) is 18.0 Å². The molecule has 0 radical (unpaired) electrons. The van der Waals surface area contributed by atoms with Crippen molar-refractivity contribution in [3.8, 4) is 15.6 Å². The monoisotopic (exact) mass is 300 g/mol. The molecule has 4 heteroatoms. The molecule has 0 N–H and O–H groups in total. The standard InChI is InChI=1S/C17H20N2OS/c1-19-13-7-8-14(19)10-15(9-13)20-17-18-11-16(21-17)12-5-3-2-4-6-12/h2-6,11,13-15H,7-10H2,1H3/t13-,14?,15?/m1/s1. The Morgan fingerprint density at radius 1 is 1.14 bits per heavy atom. The van der Waals surface area contributed by atoms with Crippen molar-refractivity contribution in [3.05, 3.63) is 36.5 Å². The summed E-state index contributed by atoms with van der Waals surface area (Å²) < 4.78 is 6.17. The Balaban J connectivity index is 1.45. The fourth-order valence-corrected chi connectivity index (χ4v) is 4.49. The number of ether oxygens (including phenoxy) is 1. The quantitative estimate of drug-likeness (QED) is 0.862. The van der Waals surface area contributed by atoms with E-state index in [9.17, 15) is 0 Å². The maximum absolute atomic E-state index is 6.17. The highest BCUT2D eigenvalue weighted by Gasteiger charge is 2.39. The largest absolute Gasteiger partial charge is 0.467 e. The maximum Gasteiger partial charge on any atom is 0.273 e. The number of aromatic nitrogens is 1. The third kappa shape index (κ3) is 2.58. The Kier molecular flexibility index (Phi) is 3.43. The average Bonchev–Trinajstić information content (AvgIpc) is 3.03. The van der Waals surface area contributed by atoms with Crippen molar-refractivity contribution in [1.29, 1.82) is 0 Å². The van der Waals surface area contributed by atoms with E-state index in [4.69, 9.17) is 4.74 Å². The predicted octanol–water partition coefficient (Wildman–Crippen LogP) is 3.81. The van der Waals surface area contributed by atoms with Crippen LogP contribution in [0.2, 0.25) is 0 Å². The molecule has 2 aromatic rings.